The first-order valence-electron chi connectivity index (χ1n) is 5.37. The van der Waals surface area contributed by atoms with Gasteiger partial charge < -0.3 is 5.32 Å². The molecule has 1 atom stereocenters. The van der Waals surface area contributed by atoms with Crippen molar-refractivity contribution in [3.8, 4) is 0 Å². The lowest BCUT2D eigenvalue weighted by molar-refractivity contribution is 0.583. The van der Waals surface area contributed by atoms with E-state index in [-0.39, 0.29) is 0 Å². The van der Waals surface area contributed by atoms with Crippen LogP contribution in [0.3, 0.4) is 0 Å². The smallest absolute Gasteiger partial charge is 0.0451 e. The molecule has 0 amide bonds. The first-order chi connectivity index (χ1) is 8.16. The Kier molecular flexibility index (Phi) is 4.62. The van der Waals surface area contributed by atoms with Gasteiger partial charge in [-0.1, -0.05) is 33.6 Å². The van der Waals surface area contributed by atoms with Gasteiger partial charge in [0, 0.05) is 27.0 Å². The highest BCUT2D eigenvalue weighted by Gasteiger charge is 2.07. The van der Waals surface area contributed by atoms with E-state index < -0.39 is 0 Å². The van der Waals surface area contributed by atoms with E-state index in [1.165, 1.54) is 4.88 Å². The molecular formula is C13H13BrClNS. The van der Waals surface area contributed by atoms with Gasteiger partial charge in [0.25, 0.3) is 0 Å². The number of thiophene rings is 1. The van der Waals surface area contributed by atoms with Gasteiger partial charge in [-0.2, -0.15) is 0 Å². The second-order valence-electron chi connectivity index (χ2n) is 3.85. The Bertz CT molecular complexity index is 484. The average molecular weight is 331 g/mol. The Morgan fingerprint density at radius 2 is 2.24 bits per heavy atom. The van der Waals surface area contributed by atoms with Gasteiger partial charge in [0.15, 0.2) is 0 Å². The van der Waals surface area contributed by atoms with E-state index in [1.807, 2.05) is 12.1 Å². The van der Waals surface area contributed by atoms with Crippen LogP contribution in [-0.4, -0.2) is 0 Å². The van der Waals surface area contributed by atoms with E-state index >= 15 is 0 Å². The molecule has 17 heavy (non-hydrogen) atoms. The standard InChI is InChI=1S/C13H13BrClNS/c1-9(13-3-2-6-17-13)16-8-10-7-11(14)4-5-12(10)15/h2-7,9,16H,8H2,1H3/t9-/m0/s1. The molecular weight excluding hydrogens is 318 g/mol. The van der Waals surface area contributed by atoms with Crippen LogP contribution in [0.15, 0.2) is 40.2 Å². The predicted octanol–water partition coefficient (Wildman–Crippen LogP) is 5.01. The highest BCUT2D eigenvalue weighted by molar-refractivity contribution is 9.10. The largest absolute Gasteiger partial charge is 0.305 e. The summed E-state index contributed by atoms with van der Waals surface area (Å²) < 4.78 is 1.06. The van der Waals surface area contributed by atoms with Crippen LogP contribution in [0.1, 0.15) is 23.4 Å². The van der Waals surface area contributed by atoms with Gasteiger partial charge in [0.05, 0.1) is 0 Å². The lowest BCUT2D eigenvalue weighted by Gasteiger charge is -2.13. The number of halogens is 2. The fraction of sp³-hybridized carbons (Fsp3) is 0.231. The van der Waals surface area contributed by atoms with E-state index in [0.717, 1.165) is 21.6 Å². The minimum absolute atomic E-state index is 0.352. The quantitative estimate of drug-likeness (QED) is 0.830. The normalized spacial score (nSPS) is 12.6. The molecule has 90 valence electrons. The Hall–Kier alpha value is -0.350. The number of nitrogens with one attached hydrogen (secondary N) is 1. The molecule has 0 unspecified atom stereocenters. The summed E-state index contributed by atoms with van der Waals surface area (Å²) >= 11 is 11.4. The van der Waals surface area contributed by atoms with Crippen molar-refractivity contribution in [1.82, 2.24) is 5.32 Å². The summed E-state index contributed by atoms with van der Waals surface area (Å²) in [4.78, 5) is 1.34. The zero-order valence-electron chi connectivity index (χ0n) is 9.41. The molecule has 2 aromatic rings. The van der Waals surface area contributed by atoms with E-state index in [9.17, 15) is 0 Å². The van der Waals surface area contributed by atoms with Gasteiger partial charge in [0.1, 0.15) is 0 Å². The molecule has 0 aliphatic heterocycles. The highest BCUT2D eigenvalue weighted by Crippen LogP contribution is 2.23. The summed E-state index contributed by atoms with van der Waals surface area (Å²) in [5.41, 5.74) is 1.12. The van der Waals surface area contributed by atoms with Crippen molar-refractivity contribution < 1.29 is 0 Å². The van der Waals surface area contributed by atoms with Gasteiger partial charge >= 0.3 is 0 Å². The molecule has 0 saturated heterocycles. The van der Waals surface area contributed by atoms with Crippen LogP contribution >= 0.6 is 38.9 Å². The first-order valence-corrected chi connectivity index (χ1v) is 7.42. The molecule has 1 aromatic carbocycles. The molecule has 0 aliphatic rings. The number of hydrogen-bond donors (Lipinski definition) is 1. The molecule has 0 bridgehead atoms. The first kappa shape index (κ1) is 13.1. The lowest BCUT2D eigenvalue weighted by Crippen LogP contribution is -2.17. The van der Waals surface area contributed by atoms with E-state index in [4.69, 9.17) is 11.6 Å². The topological polar surface area (TPSA) is 12.0 Å². The summed E-state index contributed by atoms with van der Waals surface area (Å²) in [6.07, 6.45) is 0. The van der Waals surface area contributed by atoms with Crippen molar-refractivity contribution >= 4 is 38.9 Å². The van der Waals surface area contributed by atoms with E-state index in [2.05, 4.69) is 51.7 Å². The minimum Gasteiger partial charge on any atom is -0.305 e. The Morgan fingerprint density at radius 3 is 2.94 bits per heavy atom. The molecule has 2 rings (SSSR count). The van der Waals surface area contributed by atoms with Gasteiger partial charge in [0.2, 0.25) is 0 Å². The van der Waals surface area contributed by atoms with E-state index in [1.54, 1.807) is 11.3 Å². The maximum atomic E-state index is 6.15. The number of hydrogen-bond acceptors (Lipinski definition) is 2. The molecule has 0 spiro atoms. The summed E-state index contributed by atoms with van der Waals surface area (Å²) in [7, 11) is 0. The number of benzene rings is 1. The van der Waals surface area contributed by atoms with Crippen molar-refractivity contribution in [2.24, 2.45) is 0 Å². The van der Waals surface area contributed by atoms with Crippen LogP contribution in [0.5, 0.6) is 0 Å². The van der Waals surface area contributed by atoms with Crippen molar-refractivity contribution in [3.63, 3.8) is 0 Å². The maximum absolute atomic E-state index is 6.15. The van der Waals surface area contributed by atoms with Crippen LogP contribution in [0.4, 0.5) is 0 Å². The fourth-order valence-electron chi connectivity index (χ4n) is 1.58. The van der Waals surface area contributed by atoms with E-state index in [0.29, 0.717) is 6.04 Å². The Labute approximate surface area is 119 Å². The molecule has 0 aliphatic carbocycles. The number of rotatable bonds is 4. The average Bonchev–Trinajstić information content (AvgIpc) is 2.83. The summed E-state index contributed by atoms with van der Waals surface area (Å²) in [5, 5.41) is 6.38. The molecule has 0 saturated carbocycles. The Balaban J connectivity index is 2.00. The van der Waals surface area contributed by atoms with Gasteiger partial charge in [-0.05, 0) is 42.1 Å². The summed E-state index contributed by atoms with van der Waals surface area (Å²) in [5.74, 6) is 0. The maximum Gasteiger partial charge on any atom is 0.0451 e. The van der Waals surface area contributed by atoms with Crippen LogP contribution in [0.2, 0.25) is 5.02 Å². The van der Waals surface area contributed by atoms with Gasteiger partial charge in [-0.25, -0.2) is 0 Å². The monoisotopic (exact) mass is 329 g/mol. The van der Waals surface area contributed by atoms with Crippen molar-refractivity contribution in [2.45, 2.75) is 19.5 Å². The SMILES string of the molecule is C[C@H](NCc1cc(Br)ccc1Cl)c1cccs1. The van der Waals surface area contributed by atoms with Crippen molar-refractivity contribution in [2.75, 3.05) is 0 Å². The van der Waals surface area contributed by atoms with Crippen LogP contribution in [0, 0.1) is 0 Å². The molecule has 4 heteroatoms. The van der Waals surface area contributed by atoms with Gasteiger partial charge in [-0.3, -0.25) is 0 Å². The van der Waals surface area contributed by atoms with Crippen LogP contribution < -0.4 is 5.32 Å². The molecule has 1 aromatic heterocycles. The molecule has 1 nitrogen and oxygen atoms in total. The third-order valence-electron chi connectivity index (χ3n) is 2.58. The third kappa shape index (κ3) is 3.55. The molecule has 1 heterocycles. The highest BCUT2D eigenvalue weighted by atomic mass is 79.9. The third-order valence-corrected chi connectivity index (χ3v) is 4.49. The second-order valence-corrected chi connectivity index (χ2v) is 6.16. The predicted molar refractivity (Wildman–Crippen MR) is 78.7 cm³/mol. The zero-order valence-corrected chi connectivity index (χ0v) is 12.6. The van der Waals surface area contributed by atoms with Crippen molar-refractivity contribution in [3.05, 3.63) is 55.6 Å². The summed E-state index contributed by atoms with van der Waals surface area (Å²) in [6, 6.07) is 10.5. The summed E-state index contributed by atoms with van der Waals surface area (Å²) in [6.45, 7) is 2.94. The van der Waals surface area contributed by atoms with Gasteiger partial charge in [-0.15, -0.1) is 11.3 Å². The molecule has 1 N–H and O–H groups in total. The molecule has 0 fully saturated rings. The van der Waals surface area contributed by atoms with Crippen LogP contribution in [-0.2, 0) is 6.54 Å². The zero-order chi connectivity index (χ0) is 12.3. The lowest BCUT2D eigenvalue weighted by atomic mass is 10.2. The minimum atomic E-state index is 0.352. The molecule has 0 radical (unpaired) electrons. The second kappa shape index (κ2) is 6.01. The van der Waals surface area contributed by atoms with Crippen LogP contribution in [0.25, 0.3) is 0 Å². The Morgan fingerprint density at radius 1 is 1.41 bits per heavy atom. The fourth-order valence-corrected chi connectivity index (χ4v) is 2.93. The van der Waals surface area contributed by atoms with Crippen molar-refractivity contribution in [1.29, 1.82) is 0 Å².